The molecule has 0 aliphatic heterocycles. The van der Waals surface area contributed by atoms with E-state index in [1.165, 1.54) is 55.5 Å². The van der Waals surface area contributed by atoms with E-state index < -0.39 is 27.3 Å². The SMILES string of the molecule is CNC(=O)C(C)Cn1cnc2cc(F)c(-c3cnc(OC)c(NS(=O)(=O)c4ccc(C)cc4Cl)c3)cc2c1=O. The van der Waals surface area contributed by atoms with E-state index in [4.69, 9.17) is 16.3 Å². The number of anilines is 1. The van der Waals surface area contributed by atoms with Crippen molar-refractivity contribution >= 4 is 44.1 Å². The summed E-state index contributed by atoms with van der Waals surface area (Å²) in [5.41, 5.74) is 0.548. The van der Waals surface area contributed by atoms with Crippen LogP contribution in [-0.2, 0) is 21.4 Å². The van der Waals surface area contributed by atoms with Gasteiger partial charge in [0.1, 0.15) is 16.4 Å². The van der Waals surface area contributed by atoms with Crippen molar-refractivity contribution in [1.29, 1.82) is 0 Å². The number of aromatic nitrogens is 3. The number of amides is 1. The van der Waals surface area contributed by atoms with Crippen molar-refractivity contribution in [3.05, 3.63) is 75.7 Å². The first-order chi connectivity index (χ1) is 18.4. The third-order valence-electron chi connectivity index (χ3n) is 6.05. The van der Waals surface area contributed by atoms with Gasteiger partial charge in [0, 0.05) is 37.0 Å². The number of rotatable bonds is 8. The third kappa shape index (κ3) is 5.71. The van der Waals surface area contributed by atoms with Crippen molar-refractivity contribution in [2.24, 2.45) is 5.92 Å². The molecule has 0 spiro atoms. The van der Waals surface area contributed by atoms with Crippen LogP contribution in [0.15, 0.2) is 58.6 Å². The van der Waals surface area contributed by atoms with E-state index in [-0.39, 0.29) is 56.0 Å². The molecule has 0 saturated carbocycles. The molecule has 4 aromatic rings. The van der Waals surface area contributed by atoms with Gasteiger partial charge in [-0.1, -0.05) is 24.6 Å². The zero-order valence-corrected chi connectivity index (χ0v) is 23.0. The summed E-state index contributed by atoms with van der Waals surface area (Å²) in [6, 6.07) is 8.27. The summed E-state index contributed by atoms with van der Waals surface area (Å²) in [7, 11) is -1.35. The molecule has 204 valence electrons. The average molecular weight is 574 g/mol. The summed E-state index contributed by atoms with van der Waals surface area (Å²) in [5.74, 6) is -1.50. The van der Waals surface area contributed by atoms with Gasteiger partial charge in [0.2, 0.25) is 11.8 Å². The molecule has 2 aromatic heterocycles. The largest absolute Gasteiger partial charge is 0.480 e. The Morgan fingerprint density at radius 1 is 1.21 bits per heavy atom. The lowest BCUT2D eigenvalue weighted by molar-refractivity contribution is -0.124. The fraction of sp³-hybridized carbons (Fsp3) is 0.231. The Morgan fingerprint density at radius 3 is 2.62 bits per heavy atom. The molecule has 1 amide bonds. The Balaban J connectivity index is 1.78. The zero-order chi connectivity index (χ0) is 28.5. The van der Waals surface area contributed by atoms with Crippen molar-refractivity contribution < 1.29 is 22.3 Å². The average Bonchev–Trinajstić information content (AvgIpc) is 2.89. The number of carbonyl (C=O) groups excluding carboxylic acids is 1. The normalized spacial score (nSPS) is 12.3. The standard InChI is InChI=1S/C26H25ClFN5O5S/c1-14-5-6-23(19(27)7-14)39(36,37)32-22-8-16(11-30-25(22)38-4)17-9-18-21(10-20(17)28)31-13-33(26(18)35)12-15(2)24(34)29-3/h5-11,13,15,32H,12H2,1-4H3,(H,29,34). The van der Waals surface area contributed by atoms with Gasteiger partial charge in [-0.15, -0.1) is 0 Å². The molecule has 39 heavy (non-hydrogen) atoms. The van der Waals surface area contributed by atoms with Crippen LogP contribution < -0.4 is 20.3 Å². The number of nitrogens with one attached hydrogen (secondary N) is 2. The Morgan fingerprint density at radius 2 is 1.95 bits per heavy atom. The monoisotopic (exact) mass is 573 g/mol. The Bertz CT molecular complexity index is 1760. The Labute approximate surface area is 228 Å². The minimum Gasteiger partial charge on any atom is -0.480 e. The summed E-state index contributed by atoms with van der Waals surface area (Å²) in [6.45, 7) is 3.52. The van der Waals surface area contributed by atoms with Gasteiger partial charge in [0.05, 0.1) is 35.3 Å². The van der Waals surface area contributed by atoms with Crippen molar-refractivity contribution in [3.63, 3.8) is 0 Å². The summed E-state index contributed by atoms with van der Waals surface area (Å²) in [4.78, 5) is 33.2. The highest BCUT2D eigenvalue weighted by molar-refractivity contribution is 7.92. The molecule has 0 aliphatic carbocycles. The Hall–Kier alpha value is -4.03. The number of ether oxygens (including phenoxy) is 1. The predicted octanol–water partition coefficient (Wildman–Crippen LogP) is 3.75. The fourth-order valence-corrected chi connectivity index (χ4v) is 5.66. The lowest BCUT2D eigenvalue weighted by Gasteiger charge is -2.15. The molecule has 2 N–H and O–H groups in total. The minimum absolute atomic E-state index is 0.0116. The van der Waals surface area contributed by atoms with Gasteiger partial charge in [-0.2, -0.15) is 0 Å². The van der Waals surface area contributed by atoms with Gasteiger partial charge >= 0.3 is 0 Å². The van der Waals surface area contributed by atoms with Crippen molar-refractivity contribution in [2.45, 2.75) is 25.3 Å². The zero-order valence-electron chi connectivity index (χ0n) is 21.5. The van der Waals surface area contributed by atoms with Crippen LogP contribution >= 0.6 is 11.6 Å². The van der Waals surface area contributed by atoms with Crippen LogP contribution in [-0.4, -0.2) is 43.0 Å². The van der Waals surface area contributed by atoms with Gasteiger partial charge in [0.25, 0.3) is 15.6 Å². The maximum atomic E-state index is 15.2. The molecule has 0 aliphatic rings. The molecule has 1 unspecified atom stereocenters. The maximum Gasteiger partial charge on any atom is 0.263 e. The van der Waals surface area contributed by atoms with E-state index >= 15 is 4.39 Å². The molecule has 13 heteroatoms. The topological polar surface area (TPSA) is 132 Å². The number of pyridine rings is 1. The third-order valence-corrected chi connectivity index (χ3v) is 7.90. The van der Waals surface area contributed by atoms with E-state index in [9.17, 15) is 18.0 Å². The number of aryl methyl sites for hydroxylation is 1. The summed E-state index contributed by atoms with van der Waals surface area (Å²) in [5, 5.41) is 2.67. The molecule has 0 saturated heterocycles. The number of hydrogen-bond acceptors (Lipinski definition) is 7. The number of benzene rings is 2. The number of fused-ring (bicyclic) bond motifs is 1. The highest BCUT2D eigenvalue weighted by Crippen LogP contribution is 2.33. The molecular formula is C26H25ClFN5O5S. The molecule has 1 atom stereocenters. The second kappa shape index (κ2) is 11.0. The maximum absolute atomic E-state index is 15.2. The van der Waals surface area contributed by atoms with Crippen molar-refractivity contribution in [3.8, 4) is 17.0 Å². The molecule has 0 fully saturated rings. The quantitative estimate of drug-likeness (QED) is 0.328. The molecular weight excluding hydrogens is 549 g/mol. The Kier molecular flexibility index (Phi) is 7.89. The number of methoxy groups -OCH3 is 1. The van der Waals surface area contributed by atoms with Gasteiger partial charge in [-0.3, -0.25) is 18.9 Å². The van der Waals surface area contributed by atoms with Crippen molar-refractivity contribution in [1.82, 2.24) is 19.9 Å². The number of sulfonamides is 1. The second-order valence-corrected chi connectivity index (χ2v) is 10.9. The van der Waals surface area contributed by atoms with Gasteiger partial charge in [-0.25, -0.2) is 22.8 Å². The van der Waals surface area contributed by atoms with E-state index in [2.05, 4.69) is 20.0 Å². The number of nitrogens with zero attached hydrogens (tertiary/aromatic N) is 3. The van der Waals surface area contributed by atoms with Crippen LogP contribution in [0, 0.1) is 18.7 Å². The highest BCUT2D eigenvalue weighted by atomic mass is 35.5. The van der Waals surface area contributed by atoms with Gasteiger partial charge in [0.15, 0.2) is 0 Å². The lowest BCUT2D eigenvalue weighted by atomic mass is 10.0. The molecule has 0 radical (unpaired) electrons. The molecule has 2 heterocycles. The molecule has 0 bridgehead atoms. The van der Waals surface area contributed by atoms with E-state index in [0.29, 0.717) is 0 Å². The van der Waals surface area contributed by atoms with Gasteiger partial charge in [-0.05, 0) is 36.8 Å². The van der Waals surface area contributed by atoms with Crippen LogP contribution in [0.3, 0.4) is 0 Å². The predicted molar refractivity (Wildman–Crippen MR) is 146 cm³/mol. The van der Waals surface area contributed by atoms with Crippen LogP contribution in [0.5, 0.6) is 5.88 Å². The van der Waals surface area contributed by atoms with Crippen LogP contribution in [0.4, 0.5) is 10.1 Å². The molecule has 10 nitrogen and oxygen atoms in total. The summed E-state index contributed by atoms with van der Waals surface area (Å²) < 4.78 is 50.3. The van der Waals surface area contributed by atoms with Crippen LogP contribution in [0.25, 0.3) is 22.0 Å². The van der Waals surface area contributed by atoms with E-state index in [1.807, 2.05) is 0 Å². The van der Waals surface area contributed by atoms with Crippen LogP contribution in [0.1, 0.15) is 12.5 Å². The van der Waals surface area contributed by atoms with Gasteiger partial charge < -0.3 is 10.1 Å². The summed E-state index contributed by atoms with van der Waals surface area (Å²) >= 11 is 6.17. The first-order valence-electron chi connectivity index (χ1n) is 11.7. The molecule has 2 aromatic carbocycles. The lowest BCUT2D eigenvalue weighted by Crippen LogP contribution is -2.32. The summed E-state index contributed by atoms with van der Waals surface area (Å²) in [6.07, 6.45) is 2.56. The first kappa shape index (κ1) is 28.0. The fourth-order valence-electron chi connectivity index (χ4n) is 4.01. The first-order valence-corrected chi connectivity index (χ1v) is 13.5. The number of halogens is 2. The minimum atomic E-state index is -4.16. The van der Waals surface area contributed by atoms with E-state index in [1.54, 1.807) is 19.9 Å². The smallest absolute Gasteiger partial charge is 0.263 e. The number of carbonyl (C=O) groups is 1. The van der Waals surface area contributed by atoms with Crippen LogP contribution in [0.2, 0.25) is 5.02 Å². The number of hydrogen-bond donors (Lipinski definition) is 2. The molecule has 4 rings (SSSR count). The van der Waals surface area contributed by atoms with E-state index in [0.717, 1.165) is 11.6 Å². The highest BCUT2D eigenvalue weighted by Gasteiger charge is 2.22. The second-order valence-electron chi connectivity index (χ2n) is 8.89. The van der Waals surface area contributed by atoms with Crippen molar-refractivity contribution in [2.75, 3.05) is 18.9 Å².